The van der Waals surface area contributed by atoms with Crippen LogP contribution in [-0.4, -0.2) is 57.7 Å². The Kier molecular flexibility index (Phi) is 9.79. The Morgan fingerprint density at radius 1 is 1.07 bits per heavy atom. The second-order valence-corrected chi connectivity index (χ2v) is 15.4. The maximum atomic E-state index is 14.6. The molecule has 2 aromatic carbocycles. The van der Waals surface area contributed by atoms with E-state index < -0.39 is 28.2 Å². The van der Waals surface area contributed by atoms with Crippen LogP contribution in [0.15, 0.2) is 53.5 Å². The molecule has 0 atom stereocenters. The number of hydrogen-bond donors (Lipinski definition) is 3. The van der Waals surface area contributed by atoms with Gasteiger partial charge in [0.1, 0.15) is 17.4 Å². The monoisotopic (exact) mass is 649 g/mol. The van der Waals surface area contributed by atoms with Crippen molar-refractivity contribution in [2.45, 2.75) is 102 Å². The molecule has 6 nitrogen and oxygen atoms in total. The molecule has 1 saturated heterocycles. The lowest BCUT2D eigenvalue weighted by Gasteiger charge is -2.55. The average molecular weight is 650 g/mol. The molecule has 246 valence electrons. The number of aryl methyl sites for hydroxylation is 2. The van der Waals surface area contributed by atoms with E-state index >= 15 is 0 Å². The van der Waals surface area contributed by atoms with E-state index in [9.17, 15) is 23.5 Å². The Labute approximate surface area is 275 Å². The lowest BCUT2D eigenvalue weighted by atomic mass is 9.75. The first-order chi connectivity index (χ1) is 21.6. The Morgan fingerprint density at radius 2 is 1.72 bits per heavy atom. The van der Waals surface area contributed by atoms with Gasteiger partial charge in [0.15, 0.2) is 0 Å². The maximum absolute atomic E-state index is 14.6. The number of hydrogen-bond acceptors (Lipinski definition) is 6. The van der Waals surface area contributed by atoms with Crippen molar-refractivity contribution in [3.63, 3.8) is 0 Å². The van der Waals surface area contributed by atoms with Gasteiger partial charge in [-0.3, -0.25) is 14.5 Å². The molecule has 2 fully saturated rings. The summed E-state index contributed by atoms with van der Waals surface area (Å²) < 4.78 is 28.1. The van der Waals surface area contributed by atoms with E-state index in [1.54, 1.807) is 6.08 Å². The fourth-order valence-electron chi connectivity index (χ4n) is 6.95. The molecule has 3 N–H and O–H groups in total. The standard InChI is InChI=1S/C37H45F2N3O3S/c1-23-15-24(2)17-25(16-23)35(3,4)33(40)19-28(43)20-37(21-42(22-37)27-11-13-36(5,45)14-12-27)41-34(44)32-8-6-7-31(46-32)29-10-9-26(38)18-30(29)39/h7-10,15-18,27,40,45H,6,11-14,19-22H2,1-5H3,(H,41,44). The summed E-state index contributed by atoms with van der Waals surface area (Å²) >= 11 is 1.14. The molecule has 0 bridgehead atoms. The highest BCUT2D eigenvalue weighted by Gasteiger charge is 2.49. The number of halogens is 2. The van der Waals surface area contributed by atoms with Crippen LogP contribution in [0, 0.1) is 30.9 Å². The van der Waals surface area contributed by atoms with Crippen LogP contribution in [0.2, 0.25) is 0 Å². The van der Waals surface area contributed by atoms with Gasteiger partial charge < -0.3 is 15.8 Å². The van der Waals surface area contributed by atoms with Crippen molar-refractivity contribution in [2.75, 3.05) is 13.1 Å². The highest BCUT2D eigenvalue weighted by atomic mass is 32.2. The predicted octanol–water partition coefficient (Wildman–Crippen LogP) is 7.15. The van der Waals surface area contributed by atoms with Crippen molar-refractivity contribution in [3.8, 4) is 0 Å². The molecule has 1 saturated carbocycles. The van der Waals surface area contributed by atoms with Crippen LogP contribution in [0.1, 0.15) is 88.0 Å². The molecule has 1 amide bonds. The van der Waals surface area contributed by atoms with Crippen LogP contribution >= 0.6 is 11.8 Å². The predicted molar refractivity (Wildman–Crippen MR) is 181 cm³/mol. The molecule has 5 rings (SSSR count). The van der Waals surface area contributed by atoms with Crippen LogP contribution in [0.3, 0.4) is 0 Å². The zero-order valence-electron chi connectivity index (χ0n) is 27.4. The molecule has 0 spiro atoms. The van der Waals surface area contributed by atoms with Crippen molar-refractivity contribution in [2.24, 2.45) is 0 Å². The van der Waals surface area contributed by atoms with Gasteiger partial charge in [0.2, 0.25) is 0 Å². The molecule has 0 radical (unpaired) electrons. The number of thioether (sulfide) groups is 1. The van der Waals surface area contributed by atoms with Crippen LogP contribution in [0.4, 0.5) is 8.78 Å². The summed E-state index contributed by atoms with van der Waals surface area (Å²) in [5, 5.41) is 22.6. The number of amides is 1. The van der Waals surface area contributed by atoms with E-state index in [1.807, 2.05) is 40.7 Å². The fourth-order valence-corrected chi connectivity index (χ4v) is 7.97. The molecule has 9 heteroatoms. The molecule has 3 aliphatic rings. The molecular formula is C37H45F2N3O3S. The van der Waals surface area contributed by atoms with Gasteiger partial charge >= 0.3 is 0 Å². The van der Waals surface area contributed by atoms with Gasteiger partial charge in [-0.25, -0.2) is 8.78 Å². The van der Waals surface area contributed by atoms with Gasteiger partial charge in [0, 0.05) is 59.6 Å². The zero-order chi connectivity index (χ0) is 33.4. The first kappa shape index (κ1) is 34.2. The van der Waals surface area contributed by atoms with Gasteiger partial charge in [-0.1, -0.05) is 67.1 Å². The van der Waals surface area contributed by atoms with E-state index in [-0.39, 0.29) is 36.1 Å². The van der Waals surface area contributed by atoms with E-state index in [2.05, 4.69) is 28.4 Å². The van der Waals surface area contributed by atoms with Crippen molar-refractivity contribution in [1.29, 1.82) is 5.41 Å². The minimum absolute atomic E-state index is 0.0158. The largest absolute Gasteiger partial charge is 0.390 e. The average Bonchev–Trinajstić information content (AvgIpc) is 2.95. The number of carbonyl (C=O) groups is 2. The molecular weight excluding hydrogens is 604 g/mol. The van der Waals surface area contributed by atoms with Gasteiger partial charge in [0.05, 0.1) is 16.0 Å². The summed E-state index contributed by atoms with van der Waals surface area (Å²) in [6.45, 7) is 10.9. The van der Waals surface area contributed by atoms with Crippen LogP contribution in [-0.2, 0) is 15.0 Å². The highest BCUT2D eigenvalue weighted by molar-refractivity contribution is 8.12. The van der Waals surface area contributed by atoms with E-state index in [0.29, 0.717) is 47.9 Å². The number of ketones is 1. The topological polar surface area (TPSA) is 93.5 Å². The Bertz CT molecular complexity index is 1580. The van der Waals surface area contributed by atoms with Crippen molar-refractivity contribution in [1.82, 2.24) is 10.2 Å². The molecule has 46 heavy (non-hydrogen) atoms. The third-order valence-electron chi connectivity index (χ3n) is 9.79. The van der Waals surface area contributed by atoms with Crippen LogP contribution < -0.4 is 5.32 Å². The van der Waals surface area contributed by atoms with Gasteiger partial charge in [-0.2, -0.15) is 0 Å². The third kappa shape index (κ3) is 7.69. The van der Waals surface area contributed by atoms with Crippen LogP contribution in [0.5, 0.6) is 0 Å². The molecule has 2 aromatic rings. The van der Waals surface area contributed by atoms with Crippen LogP contribution in [0.25, 0.3) is 4.91 Å². The molecule has 0 unspecified atom stereocenters. The van der Waals surface area contributed by atoms with Crippen molar-refractivity contribution in [3.05, 3.63) is 87.3 Å². The normalized spacial score (nSPS) is 23.2. The Morgan fingerprint density at radius 3 is 2.35 bits per heavy atom. The number of nitrogens with one attached hydrogen (secondary N) is 2. The number of allylic oxidation sites excluding steroid dienone is 2. The maximum Gasteiger partial charge on any atom is 0.258 e. The first-order valence-corrected chi connectivity index (χ1v) is 16.9. The SMILES string of the molecule is Cc1cc(C)cc(C(C)(C)C(=N)CC(=O)CC2(NC(=O)C3=CCC=C(c4ccc(F)cc4F)S3)CN(C3CCC(C)(O)CC3)C2)c1. The van der Waals surface area contributed by atoms with Crippen molar-refractivity contribution < 1.29 is 23.5 Å². The van der Waals surface area contributed by atoms with Gasteiger partial charge in [-0.05, 0) is 70.6 Å². The summed E-state index contributed by atoms with van der Waals surface area (Å²) in [6.07, 6.45) is 7.19. The lowest BCUT2D eigenvalue weighted by Crippen LogP contribution is -2.73. The van der Waals surface area contributed by atoms with Gasteiger partial charge in [0.25, 0.3) is 5.91 Å². The Balaban J connectivity index is 1.29. The lowest BCUT2D eigenvalue weighted by molar-refractivity contribution is -0.128. The summed E-state index contributed by atoms with van der Waals surface area (Å²) in [7, 11) is 0. The minimum atomic E-state index is -0.803. The summed E-state index contributed by atoms with van der Waals surface area (Å²) in [4.78, 5) is 30.6. The number of carbonyl (C=O) groups excluding carboxylic acids is 2. The summed E-state index contributed by atoms with van der Waals surface area (Å²) in [6, 6.07) is 9.90. The second kappa shape index (κ2) is 13.2. The minimum Gasteiger partial charge on any atom is -0.390 e. The van der Waals surface area contributed by atoms with E-state index in [1.165, 1.54) is 12.1 Å². The molecule has 2 aliphatic heterocycles. The second-order valence-electron chi connectivity index (χ2n) is 14.3. The number of aliphatic hydroxyl groups is 1. The third-order valence-corrected chi connectivity index (χ3v) is 11.0. The molecule has 2 heterocycles. The fraction of sp³-hybridized carbons (Fsp3) is 0.486. The van der Waals surface area contributed by atoms with E-state index in [4.69, 9.17) is 5.41 Å². The molecule has 1 aliphatic carbocycles. The molecule has 0 aromatic heterocycles. The smallest absolute Gasteiger partial charge is 0.258 e. The number of rotatable bonds is 10. The van der Waals surface area contributed by atoms with Gasteiger partial charge in [-0.15, -0.1) is 0 Å². The Hall–Kier alpha value is -3.14. The number of benzene rings is 2. The summed E-state index contributed by atoms with van der Waals surface area (Å²) in [5.74, 6) is -1.78. The number of nitrogens with zero attached hydrogens (tertiary/aromatic N) is 1. The quantitative estimate of drug-likeness (QED) is 0.238. The number of likely N-dealkylation sites (tertiary alicyclic amines) is 1. The highest BCUT2D eigenvalue weighted by Crippen LogP contribution is 2.41. The number of Topliss-reactive ketones (excluding diaryl/α,β-unsaturated/α-hetero) is 1. The van der Waals surface area contributed by atoms with Crippen molar-refractivity contribution >= 4 is 34.1 Å². The van der Waals surface area contributed by atoms with E-state index in [0.717, 1.165) is 47.4 Å². The zero-order valence-corrected chi connectivity index (χ0v) is 28.3. The first-order valence-electron chi connectivity index (χ1n) is 16.1. The summed E-state index contributed by atoms with van der Waals surface area (Å²) in [5.41, 5.74) is 1.69.